The summed E-state index contributed by atoms with van der Waals surface area (Å²) >= 11 is 0. The Balaban J connectivity index is 0.000000177. The number of hydrogen-bond acceptors (Lipinski definition) is 23. The van der Waals surface area contributed by atoms with Gasteiger partial charge in [0.1, 0.15) is 23.2 Å². The molecule has 4 amide bonds. The average Bonchev–Trinajstić information content (AvgIpc) is 1.63. The molecule has 3 aliphatic rings. The first-order valence-corrected chi connectivity index (χ1v) is 40.5. The molecule has 4 N–H and O–H groups in total. The van der Waals surface area contributed by atoms with Crippen LogP contribution < -0.4 is 68.6 Å². The highest BCUT2D eigenvalue weighted by atomic mass is 19.1. The number of nitrogens with zero attached hydrogens (tertiary/aromatic N) is 6. The second kappa shape index (κ2) is 43.7. The van der Waals surface area contributed by atoms with Crippen LogP contribution in [0.5, 0.6) is 57.5 Å². The maximum Gasteiger partial charge on any atom is 0.519 e. The highest BCUT2D eigenvalue weighted by Gasteiger charge is 2.32. The van der Waals surface area contributed by atoms with Crippen LogP contribution in [0.15, 0.2) is 230 Å². The largest absolute Gasteiger partial charge is 0.519 e. The first-order chi connectivity index (χ1) is 62.7. The number of carbonyl (C=O) groups is 6. The Hall–Kier alpha value is -16.1. The minimum Gasteiger partial charge on any atom is -0.493 e. The summed E-state index contributed by atoms with van der Waals surface area (Å²) in [6.45, 7) is 7.76. The molecule has 0 bridgehead atoms. The van der Waals surface area contributed by atoms with Gasteiger partial charge in [-0.15, -0.1) is 0 Å². The third-order valence-corrected chi connectivity index (χ3v) is 20.9. The number of benzene rings is 7. The molecule has 0 unspecified atom stereocenters. The first-order valence-electron chi connectivity index (χ1n) is 40.5. The Morgan fingerprint density at radius 2 is 0.746 bits per heavy atom. The van der Waals surface area contributed by atoms with Gasteiger partial charge in [0, 0.05) is 94.4 Å². The molecule has 14 rings (SSSR count). The standard InChI is InChI=1S/C34H28FN3O8.C33H28FN3O5.C32H35FN4O5/c1-20-27(26-11-6-23(35)16-29(26)28(20)17-32(39)37-19-21-5-4-12-36-18-21)13-22-14-30(43-2)33(31(15-22)44-3)46-34(40)45-25-9-7-24(8-10-25)38(41)42;1-20-26(12-22-13-29(40-2)32(30(14-22)41-3)42-33(39)23-7-5-11-36-19-23)25-9-8-24(34)15-28(25)27(20)16-31(38)37-18-21-6-4-10-35-17-21;1-20-25(13-22-14-28(40-4)31(29(15-22)41-5)42-32(39)35-11-12-37(2)3)24-9-8-23(33)16-27(24)26(20)17-30(38)36-19-21-7-6-10-34-18-21/h4-16,18H,17,19H2,1-3H3,(H,37,39);4-15,17,19H,16,18H2,1-3H3,(H,37,38);6-10,13-16,18H,11-12,17,19H2,1-5H3,(H,35,39)(H,36,38)/b27-13-;26-12-;25-13-. The summed E-state index contributed by atoms with van der Waals surface area (Å²) in [6, 6.07) is 42.9. The number of non-ortho nitro benzene ring substituents is 1. The third kappa shape index (κ3) is 23.5. The number of carbonyl (C=O) groups excluding carboxylic acids is 6. The fourth-order valence-corrected chi connectivity index (χ4v) is 14.5. The van der Waals surface area contributed by atoms with E-state index < -0.39 is 29.0 Å². The fourth-order valence-electron chi connectivity index (χ4n) is 14.5. The van der Waals surface area contributed by atoms with Crippen LogP contribution in [0, 0.1) is 27.6 Å². The Morgan fingerprint density at radius 1 is 0.408 bits per heavy atom. The van der Waals surface area contributed by atoms with Crippen molar-refractivity contribution in [3.05, 3.63) is 330 Å². The van der Waals surface area contributed by atoms with Crippen LogP contribution >= 0.6 is 0 Å². The minimum atomic E-state index is -1.12. The van der Waals surface area contributed by atoms with Crippen molar-refractivity contribution in [1.29, 1.82) is 0 Å². The van der Waals surface area contributed by atoms with Gasteiger partial charge in [-0.2, -0.15) is 0 Å². The molecule has 0 aliphatic heterocycles. The van der Waals surface area contributed by atoms with Crippen LogP contribution in [0.25, 0.3) is 51.7 Å². The van der Waals surface area contributed by atoms with Gasteiger partial charge in [-0.25, -0.2) is 27.6 Å². The molecule has 0 atom stereocenters. The fraction of sp³-hybridized carbons (Fsp3) is 0.192. The number of halogens is 3. The number of fused-ring (bicyclic) bond motifs is 3. The quantitative estimate of drug-likeness (QED) is 0.0107. The van der Waals surface area contributed by atoms with Crippen molar-refractivity contribution in [2.24, 2.45) is 0 Å². The third-order valence-electron chi connectivity index (χ3n) is 20.9. The van der Waals surface area contributed by atoms with E-state index in [-0.39, 0.29) is 106 Å². The number of likely N-dealkylation sites (N-methyl/N-ethyl adjacent to an activating group) is 1. The molecule has 0 fully saturated rings. The number of rotatable bonds is 30. The molecule has 0 saturated heterocycles. The van der Waals surface area contributed by atoms with E-state index in [0.717, 1.165) is 78.0 Å². The van der Waals surface area contributed by atoms with E-state index in [1.165, 1.54) is 110 Å². The number of aromatic nitrogens is 4. The highest BCUT2D eigenvalue weighted by Crippen LogP contribution is 2.50. The van der Waals surface area contributed by atoms with E-state index in [0.29, 0.717) is 83.2 Å². The number of nitrogens with one attached hydrogen (secondary N) is 4. The molecular weight excluding hydrogens is 1670 g/mol. The zero-order chi connectivity index (χ0) is 92.7. The summed E-state index contributed by atoms with van der Waals surface area (Å²) in [5.74, 6) is -0.650. The van der Waals surface area contributed by atoms with Crippen LogP contribution in [0.3, 0.4) is 0 Å². The Labute approximate surface area is 746 Å². The van der Waals surface area contributed by atoms with Gasteiger partial charge in [0.05, 0.1) is 72.4 Å². The van der Waals surface area contributed by atoms with Crippen molar-refractivity contribution in [2.75, 3.05) is 69.8 Å². The van der Waals surface area contributed by atoms with E-state index in [1.54, 1.807) is 116 Å². The molecule has 3 aliphatic carbocycles. The summed E-state index contributed by atoms with van der Waals surface area (Å²) in [4.78, 5) is 105. The van der Waals surface area contributed by atoms with Crippen LogP contribution in [0.4, 0.5) is 28.4 Å². The van der Waals surface area contributed by atoms with Crippen molar-refractivity contribution < 1.29 is 94.2 Å². The average molecular weight is 1770 g/mol. The van der Waals surface area contributed by atoms with Gasteiger partial charge in [0.2, 0.25) is 35.0 Å². The van der Waals surface area contributed by atoms with Crippen molar-refractivity contribution in [2.45, 2.75) is 59.7 Å². The van der Waals surface area contributed by atoms with E-state index in [1.807, 2.05) is 88.3 Å². The van der Waals surface area contributed by atoms with E-state index >= 15 is 0 Å². The number of methoxy groups -OCH3 is 6. The monoisotopic (exact) mass is 1760 g/mol. The number of hydrogen-bond donors (Lipinski definition) is 4. The molecule has 7 aromatic carbocycles. The summed E-state index contributed by atoms with van der Waals surface area (Å²) < 4.78 is 98.0. The van der Waals surface area contributed by atoms with E-state index in [4.69, 9.17) is 47.4 Å². The van der Waals surface area contributed by atoms with Crippen LogP contribution in [0.2, 0.25) is 0 Å². The molecule has 28 nitrogen and oxygen atoms in total. The van der Waals surface area contributed by atoms with Crippen molar-refractivity contribution in [1.82, 2.24) is 46.1 Å². The number of ether oxygens (including phenoxy) is 10. The first kappa shape index (κ1) is 93.1. The zero-order valence-electron chi connectivity index (χ0n) is 72.8. The normalized spacial score (nSPS) is 13.1. The minimum absolute atomic E-state index is 0.0371. The topological polar surface area (TPSA) is 341 Å². The molecular formula is C99H91F3N10O18. The predicted octanol–water partition coefficient (Wildman–Crippen LogP) is 17.6. The lowest BCUT2D eigenvalue weighted by atomic mass is 10.00. The van der Waals surface area contributed by atoms with Gasteiger partial charge in [-0.1, -0.05) is 36.4 Å². The second-order valence-electron chi connectivity index (χ2n) is 29.7. The van der Waals surface area contributed by atoms with Crippen LogP contribution in [-0.2, 0) is 34.0 Å². The molecule has 4 aromatic heterocycles. The molecule has 31 heteroatoms. The molecule has 0 saturated carbocycles. The summed E-state index contributed by atoms with van der Waals surface area (Å²) in [5, 5.41) is 22.3. The van der Waals surface area contributed by atoms with Crippen LogP contribution in [0.1, 0.15) is 117 Å². The number of esters is 1. The number of amides is 4. The molecule has 130 heavy (non-hydrogen) atoms. The highest BCUT2D eigenvalue weighted by molar-refractivity contribution is 6.11. The summed E-state index contributed by atoms with van der Waals surface area (Å²) in [5.41, 5.74) is 16.1. The van der Waals surface area contributed by atoms with Crippen molar-refractivity contribution >= 4 is 93.3 Å². The molecule has 0 spiro atoms. The maximum absolute atomic E-state index is 14.4. The molecule has 0 radical (unpaired) electrons. The lowest BCUT2D eigenvalue weighted by Crippen LogP contribution is -2.33. The summed E-state index contributed by atoms with van der Waals surface area (Å²) in [6.07, 6.45) is 17.2. The van der Waals surface area contributed by atoms with Gasteiger partial charge >= 0.3 is 18.2 Å². The molecule has 666 valence electrons. The Bertz CT molecular complexity index is 6210. The van der Waals surface area contributed by atoms with Gasteiger partial charge in [0.25, 0.3) is 5.69 Å². The maximum atomic E-state index is 14.4. The van der Waals surface area contributed by atoms with Gasteiger partial charge in [0.15, 0.2) is 34.5 Å². The van der Waals surface area contributed by atoms with E-state index in [9.17, 15) is 52.1 Å². The number of nitro groups is 1. The molecule has 4 heterocycles. The molecule has 11 aromatic rings. The number of nitro benzene ring substituents is 1. The van der Waals surface area contributed by atoms with Gasteiger partial charge in [-0.3, -0.25) is 44.4 Å². The van der Waals surface area contributed by atoms with Gasteiger partial charge in [-0.05, 0) is 285 Å². The lowest BCUT2D eigenvalue weighted by Gasteiger charge is -2.16. The predicted molar refractivity (Wildman–Crippen MR) is 483 cm³/mol. The lowest BCUT2D eigenvalue weighted by molar-refractivity contribution is -0.384. The summed E-state index contributed by atoms with van der Waals surface area (Å²) in [7, 11) is 12.5. The zero-order valence-corrected chi connectivity index (χ0v) is 72.8. The number of allylic oxidation sites excluding steroid dienone is 6. The van der Waals surface area contributed by atoms with Crippen molar-refractivity contribution in [3.63, 3.8) is 0 Å². The smallest absolute Gasteiger partial charge is 0.493 e. The second-order valence-corrected chi connectivity index (χ2v) is 29.7. The Morgan fingerprint density at radius 3 is 1.06 bits per heavy atom. The van der Waals surface area contributed by atoms with Crippen LogP contribution in [-0.4, -0.2) is 136 Å². The Kier molecular flexibility index (Phi) is 31.3. The van der Waals surface area contributed by atoms with Crippen molar-refractivity contribution in [3.8, 4) is 57.5 Å². The SMILES string of the molecule is COc1cc(/C=C2/C(C)=C(CC(=O)NCc3cccnc3)c3cc(F)ccc32)cc(OC)c1OC(=O)NCCN(C)C.COc1cc(/C=C2/C(C)=C(CC(=O)NCc3cccnc3)c3cc(F)ccc32)cc(OC)c1OC(=O)Oc1ccc([N+](=O)[O-])cc1.COc1cc(/C=C2/C(C)=C(CC(=O)NCc3cccnc3)c3cc(F)ccc32)cc(OC)c1OC(=O)c1cccnc1. The van der Waals surface area contributed by atoms with E-state index in [2.05, 4.69) is 41.2 Å². The number of pyridine rings is 4. The van der Waals surface area contributed by atoms with Gasteiger partial charge < -0.3 is 73.5 Å².